The molecule has 0 unspecified atom stereocenters. The topological polar surface area (TPSA) is 52.9 Å². The van der Waals surface area contributed by atoms with Crippen molar-refractivity contribution in [1.82, 2.24) is 5.06 Å². The molecule has 1 aliphatic rings. The van der Waals surface area contributed by atoms with Crippen LogP contribution < -0.4 is 0 Å². The molecule has 0 spiro atoms. The minimum absolute atomic E-state index is 0.128. The maximum Gasteiger partial charge on any atom is 0.213 e. The highest BCUT2D eigenvalue weighted by molar-refractivity contribution is 5.02. The number of nitrogens with zero attached hydrogens (tertiary/aromatic N) is 1. The Labute approximate surface area is 96.8 Å². The van der Waals surface area contributed by atoms with E-state index in [1.807, 2.05) is 0 Å². The Kier molecular flexibility index (Phi) is 5.35. The van der Waals surface area contributed by atoms with Gasteiger partial charge in [0.15, 0.2) is 0 Å². The first-order chi connectivity index (χ1) is 7.67. The lowest BCUT2D eigenvalue weighted by atomic mass is 9.88. The summed E-state index contributed by atoms with van der Waals surface area (Å²) in [7, 11) is 1.52. The van der Waals surface area contributed by atoms with E-state index in [2.05, 4.69) is 6.58 Å². The van der Waals surface area contributed by atoms with Gasteiger partial charge < -0.3 is 9.84 Å². The van der Waals surface area contributed by atoms with Gasteiger partial charge in [0, 0.05) is 13.7 Å². The van der Waals surface area contributed by atoms with Gasteiger partial charge in [-0.3, -0.25) is 5.21 Å². The Hall–Kier alpha value is -1.00. The number of allylic oxidation sites excluding steroid dienone is 2. The third-order valence-corrected chi connectivity index (χ3v) is 2.92. The van der Waals surface area contributed by atoms with Gasteiger partial charge in [-0.25, -0.2) is 5.06 Å². The summed E-state index contributed by atoms with van der Waals surface area (Å²) in [5.74, 6) is 0.834. The molecule has 0 aromatic carbocycles. The molecule has 0 bridgehead atoms. The second kappa shape index (κ2) is 6.55. The quantitative estimate of drug-likeness (QED) is 0.428. The van der Waals surface area contributed by atoms with Crippen LogP contribution in [0.15, 0.2) is 24.6 Å². The van der Waals surface area contributed by atoms with Crippen molar-refractivity contribution in [3.05, 3.63) is 24.6 Å². The van der Waals surface area contributed by atoms with E-state index in [9.17, 15) is 5.21 Å². The molecule has 16 heavy (non-hydrogen) atoms. The molecular weight excluding hydrogens is 206 g/mol. The summed E-state index contributed by atoms with van der Waals surface area (Å²) in [6, 6.07) is 0. The Morgan fingerprint density at radius 3 is 2.50 bits per heavy atom. The fourth-order valence-corrected chi connectivity index (χ4v) is 1.93. The Morgan fingerprint density at radius 1 is 1.44 bits per heavy atom. The standard InChI is InChI=1S/C12H21NO3/c1-3-4-12(13(2)15)16-11-7-5-10(9-14)6-8-11/h3-4,10-11,14-15H,1,5-9H2,2H3/b12-4+. The van der Waals surface area contributed by atoms with Crippen molar-refractivity contribution in [2.24, 2.45) is 5.92 Å². The van der Waals surface area contributed by atoms with E-state index >= 15 is 0 Å². The summed E-state index contributed by atoms with van der Waals surface area (Å²) in [6.45, 7) is 3.84. The molecule has 0 atom stereocenters. The van der Waals surface area contributed by atoms with Gasteiger partial charge >= 0.3 is 0 Å². The van der Waals surface area contributed by atoms with Crippen molar-refractivity contribution in [1.29, 1.82) is 0 Å². The third-order valence-electron chi connectivity index (χ3n) is 2.92. The summed E-state index contributed by atoms with van der Waals surface area (Å²) < 4.78 is 5.67. The molecule has 1 rings (SSSR count). The van der Waals surface area contributed by atoms with E-state index < -0.39 is 0 Å². The summed E-state index contributed by atoms with van der Waals surface area (Å²) in [5, 5.41) is 19.3. The average molecular weight is 227 g/mol. The summed E-state index contributed by atoms with van der Waals surface area (Å²) >= 11 is 0. The van der Waals surface area contributed by atoms with Crippen molar-refractivity contribution in [2.45, 2.75) is 31.8 Å². The van der Waals surface area contributed by atoms with Crippen molar-refractivity contribution < 1.29 is 15.1 Å². The molecule has 0 aromatic heterocycles. The first-order valence-electron chi connectivity index (χ1n) is 5.70. The van der Waals surface area contributed by atoms with Crippen LogP contribution in [0.3, 0.4) is 0 Å². The first kappa shape index (κ1) is 13.1. The highest BCUT2D eigenvalue weighted by Crippen LogP contribution is 2.27. The Bertz CT molecular complexity index is 243. The van der Waals surface area contributed by atoms with Crippen LogP contribution in [0.4, 0.5) is 0 Å². The molecule has 4 heteroatoms. The minimum Gasteiger partial charge on any atom is -0.474 e. The molecule has 0 heterocycles. The zero-order valence-electron chi connectivity index (χ0n) is 9.80. The fourth-order valence-electron chi connectivity index (χ4n) is 1.93. The lowest BCUT2D eigenvalue weighted by Gasteiger charge is -2.29. The smallest absolute Gasteiger partial charge is 0.213 e. The van der Waals surface area contributed by atoms with Gasteiger partial charge in [0.25, 0.3) is 0 Å². The van der Waals surface area contributed by atoms with Crippen LogP contribution in [0.1, 0.15) is 25.7 Å². The second-order valence-electron chi connectivity index (χ2n) is 4.21. The predicted molar refractivity (Wildman–Crippen MR) is 61.7 cm³/mol. The number of rotatable bonds is 5. The van der Waals surface area contributed by atoms with E-state index in [1.54, 1.807) is 12.2 Å². The lowest BCUT2D eigenvalue weighted by molar-refractivity contribution is -0.106. The van der Waals surface area contributed by atoms with Crippen molar-refractivity contribution in [2.75, 3.05) is 13.7 Å². The molecule has 0 amide bonds. The lowest BCUT2D eigenvalue weighted by Crippen LogP contribution is -2.26. The van der Waals surface area contributed by atoms with Gasteiger partial charge in [-0.15, -0.1) is 0 Å². The normalized spacial score (nSPS) is 26.3. The van der Waals surface area contributed by atoms with E-state index in [0.717, 1.165) is 30.7 Å². The monoisotopic (exact) mass is 227 g/mol. The van der Waals surface area contributed by atoms with Gasteiger partial charge in [-0.1, -0.05) is 12.7 Å². The third kappa shape index (κ3) is 3.87. The SMILES string of the molecule is C=C/C=C(/OC1CCC(CO)CC1)N(C)O. The van der Waals surface area contributed by atoms with Crippen LogP contribution in [-0.2, 0) is 4.74 Å². The van der Waals surface area contributed by atoms with Gasteiger partial charge in [-0.2, -0.15) is 0 Å². The Morgan fingerprint density at radius 2 is 2.06 bits per heavy atom. The number of aliphatic hydroxyl groups excluding tert-OH is 1. The van der Waals surface area contributed by atoms with Gasteiger partial charge in [0.2, 0.25) is 5.88 Å². The maximum atomic E-state index is 9.32. The molecule has 1 fully saturated rings. The highest BCUT2D eigenvalue weighted by Gasteiger charge is 2.22. The number of hydrogen-bond acceptors (Lipinski definition) is 4. The molecule has 2 N–H and O–H groups in total. The number of hydrogen-bond donors (Lipinski definition) is 2. The van der Waals surface area contributed by atoms with Gasteiger partial charge in [-0.05, 0) is 37.7 Å². The average Bonchev–Trinajstić information content (AvgIpc) is 2.29. The van der Waals surface area contributed by atoms with E-state index in [-0.39, 0.29) is 12.7 Å². The summed E-state index contributed by atoms with van der Waals surface area (Å²) in [4.78, 5) is 0. The number of aliphatic hydroxyl groups is 1. The van der Waals surface area contributed by atoms with Crippen LogP contribution >= 0.6 is 0 Å². The largest absolute Gasteiger partial charge is 0.474 e. The van der Waals surface area contributed by atoms with E-state index in [0.29, 0.717) is 11.8 Å². The minimum atomic E-state index is 0.128. The molecule has 1 aliphatic carbocycles. The fraction of sp³-hybridized carbons (Fsp3) is 0.667. The summed E-state index contributed by atoms with van der Waals surface area (Å²) in [5.41, 5.74) is 0. The molecule has 0 saturated heterocycles. The molecular formula is C12H21NO3. The second-order valence-corrected chi connectivity index (χ2v) is 4.21. The molecule has 0 radical (unpaired) electrons. The van der Waals surface area contributed by atoms with Crippen LogP contribution in [0.2, 0.25) is 0 Å². The van der Waals surface area contributed by atoms with Crippen LogP contribution in [0.5, 0.6) is 0 Å². The van der Waals surface area contributed by atoms with Crippen molar-refractivity contribution >= 4 is 0 Å². The molecule has 92 valence electrons. The van der Waals surface area contributed by atoms with Crippen molar-refractivity contribution in [3.63, 3.8) is 0 Å². The van der Waals surface area contributed by atoms with Crippen LogP contribution in [0, 0.1) is 5.92 Å². The van der Waals surface area contributed by atoms with Crippen LogP contribution in [0.25, 0.3) is 0 Å². The first-order valence-corrected chi connectivity index (χ1v) is 5.70. The molecule has 0 aliphatic heterocycles. The van der Waals surface area contributed by atoms with E-state index in [4.69, 9.17) is 9.84 Å². The van der Waals surface area contributed by atoms with Gasteiger partial charge in [0.05, 0.1) is 0 Å². The zero-order chi connectivity index (χ0) is 12.0. The Balaban J connectivity index is 2.42. The van der Waals surface area contributed by atoms with Crippen molar-refractivity contribution in [3.8, 4) is 0 Å². The molecule has 4 nitrogen and oxygen atoms in total. The maximum absolute atomic E-state index is 9.32. The summed E-state index contributed by atoms with van der Waals surface area (Å²) in [6.07, 6.45) is 7.17. The van der Waals surface area contributed by atoms with E-state index in [1.165, 1.54) is 7.05 Å². The van der Waals surface area contributed by atoms with Crippen LogP contribution in [-0.4, -0.2) is 35.1 Å². The van der Waals surface area contributed by atoms with Gasteiger partial charge in [0.1, 0.15) is 6.10 Å². The number of hydroxylamine groups is 2. The predicted octanol–water partition coefficient (Wildman–Crippen LogP) is 1.90. The number of ether oxygens (including phenoxy) is 1. The molecule has 0 aromatic rings. The molecule has 1 saturated carbocycles. The highest BCUT2D eigenvalue weighted by atomic mass is 16.6. The zero-order valence-corrected chi connectivity index (χ0v) is 9.80.